The molecule has 0 spiro atoms. The normalized spacial score (nSPS) is 13.7. The fourth-order valence-electron chi connectivity index (χ4n) is 4.67. The Morgan fingerprint density at radius 1 is 0.974 bits per heavy atom. The number of aliphatic hydroxyl groups is 1. The second kappa shape index (κ2) is 11.1. The first-order valence-electron chi connectivity index (χ1n) is 12.4. The molecule has 1 fully saturated rings. The van der Waals surface area contributed by atoms with Gasteiger partial charge in [0.05, 0.1) is 17.9 Å². The van der Waals surface area contributed by atoms with Crippen LogP contribution in [0.3, 0.4) is 0 Å². The monoisotopic (exact) mass is 518 g/mol. The number of carbonyl (C=O) groups is 1. The van der Waals surface area contributed by atoms with Crippen molar-refractivity contribution in [2.24, 2.45) is 0 Å². The largest absolute Gasteiger partial charge is 0.395 e. The number of piperazine rings is 1. The second-order valence-electron chi connectivity index (χ2n) is 9.26. The van der Waals surface area contributed by atoms with Gasteiger partial charge < -0.3 is 19.8 Å². The van der Waals surface area contributed by atoms with E-state index in [4.69, 9.17) is 5.11 Å². The van der Waals surface area contributed by atoms with Crippen molar-refractivity contribution in [3.05, 3.63) is 89.2 Å². The topological polar surface area (TPSA) is 85.7 Å². The number of carbonyl (C=O) groups excluding carboxylic acids is 1. The number of aliphatic hydroxyl groups excluding tert-OH is 1. The van der Waals surface area contributed by atoms with Gasteiger partial charge in [0.1, 0.15) is 17.5 Å². The first kappa shape index (κ1) is 25.5. The van der Waals surface area contributed by atoms with Crippen LogP contribution in [0, 0.1) is 11.6 Å². The van der Waals surface area contributed by atoms with Crippen molar-refractivity contribution in [2.75, 3.05) is 56.2 Å². The fraction of sp³-hybridized carbons (Fsp3) is 0.286. The Morgan fingerprint density at radius 2 is 1.71 bits per heavy atom. The van der Waals surface area contributed by atoms with E-state index in [0.29, 0.717) is 43.0 Å². The zero-order chi connectivity index (χ0) is 26.6. The predicted octanol–water partition coefficient (Wildman–Crippen LogP) is 3.28. The van der Waals surface area contributed by atoms with Crippen LogP contribution in [0.4, 0.5) is 20.4 Å². The van der Waals surface area contributed by atoms with E-state index in [9.17, 15) is 13.6 Å². The molecular formula is C28H28F2N6O2. The maximum absolute atomic E-state index is 14.3. The number of benzene rings is 2. The second-order valence-corrected chi connectivity index (χ2v) is 9.26. The molecule has 0 radical (unpaired) electrons. The predicted molar refractivity (Wildman–Crippen MR) is 141 cm³/mol. The van der Waals surface area contributed by atoms with Crippen molar-refractivity contribution in [3.8, 4) is 0 Å². The minimum atomic E-state index is -0.609. The number of halogens is 2. The number of anilines is 2. The van der Waals surface area contributed by atoms with E-state index in [-0.39, 0.29) is 25.5 Å². The van der Waals surface area contributed by atoms with Gasteiger partial charge in [-0.15, -0.1) is 5.10 Å². The lowest BCUT2D eigenvalue weighted by Gasteiger charge is -2.36. The highest BCUT2D eigenvalue weighted by Crippen LogP contribution is 2.29. The highest BCUT2D eigenvalue weighted by molar-refractivity contribution is 5.94. The first-order chi connectivity index (χ1) is 18.4. The van der Waals surface area contributed by atoms with Gasteiger partial charge in [-0.2, -0.15) is 5.10 Å². The molecule has 196 valence electrons. The Kier molecular flexibility index (Phi) is 7.41. The molecule has 0 bridgehead atoms. The molecule has 8 nitrogen and oxygen atoms in total. The molecular weight excluding hydrogens is 490 g/mol. The zero-order valence-corrected chi connectivity index (χ0v) is 21.0. The molecule has 2 aromatic carbocycles. The zero-order valence-electron chi connectivity index (χ0n) is 21.0. The number of amides is 1. The van der Waals surface area contributed by atoms with Gasteiger partial charge in [-0.25, -0.2) is 13.8 Å². The van der Waals surface area contributed by atoms with Gasteiger partial charge in [-0.1, -0.05) is 30.3 Å². The minimum absolute atomic E-state index is 0.0901. The standard InChI is InChI=1S/C28H28F2N6O2/c1-34(14-15-37)28(38)20-7-9-26(31-18-20)35-10-12-36(13-11-35)27-23-5-3-2-4-22(23)25(32-33-27)16-19-6-8-21(29)17-24(19)30/h2-9,17-18,37H,10-16H2,1H3. The number of fused-ring (bicyclic) bond motifs is 1. The van der Waals surface area contributed by atoms with E-state index in [1.165, 1.54) is 17.0 Å². The van der Waals surface area contributed by atoms with Gasteiger partial charge in [0.25, 0.3) is 5.91 Å². The maximum Gasteiger partial charge on any atom is 0.255 e. The lowest BCUT2D eigenvalue weighted by molar-refractivity contribution is 0.0766. The quantitative estimate of drug-likeness (QED) is 0.402. The molecule has 0 unspecified atom stereocenters. The van der Waals surface area contributed by atoms with Crippen LogP contribution < -0.4 is 9.80 Å². The lowest BCUT2D eigenvalue weighted by Crippen LogP contribution is -2.47. The van der Waals surface area contributed by atoms with Crippen molar-refractivity contribution in [2.45, 2.75) is 6.42 Å². The Bertz CT molecular complexity index is 1440. The first-order valence-corrected chi connectivity index (χ1v) is 12.4. The van der Waals surface area contributed by atoms with Crippen molar-refractivity contribution in [1.29, 1.82) is 0 Å². The van der Waals surface area contributed by atoms with E-state index < -0.39 is 11.6 Å². The molecule has 38 heavy (non-hydrogen) atoms. The molecule has 1 aliphatic rings. The van der Waals surface area contributed by atoms with Crippen LogP contribution in [-0.4, -0.2) is 77.5 Å². The van der Waals surface area contributed by atoms with Gasteiger partial charge in [-0.3, -0.25) is 4.79 Å². The average molecular weight is 519 g/mol. The van der Waals surface area contributed by atoms with Crippen molar-refractivity contribution >= 4 is 28.3 Å². The van der Waals surface area contributed by atoms with Crippen LogP contribution in [0.1, 0.15) is 21.6 Å². The van der Waals surface area contributed by atoms with E-state index >= 15 is 0 Å². The summed E-state index contributed by atoms with van der Waals surface area (Å²) in [7, 11) is 1.64. The number of pyridine rings is 1. The summed E-state index contributed by atoms with van der Waals surface area (Å²) in [6.07, 6.45) is 1.78. The number of rotatable bonds is 7. The van der Waals surface area contributed by atoms with Crippen molar-refractivity contribution < 1.29 is 18.7 Å². The molecule has 1 N–H and O–H groups in total. The molecule has 1 amide bonds. The summed E-state index contributed by atoms with van der Waals surface area (Å²) in [4.78, 5) is 22.7. The van der Waals surface area contributed by atoms with Gasteiger partial charge in [0.2, 0.25) is 0 Å². The van der Waals surface area contributed by atoms with Gasteiger partial charge in [-0.05, 0) is 23.8 Å². The minimum Gasteiger partial charge on any atom is -0.395 e. The van der Waals surface area contributed by atoms with Gasteiger partial charge in [0, 0.05) is 69.2 Å². The molecule has 4 aromatic rings. The SMILES string of the molecule is CN(CCO)C(=O)c1ccc(N2CCN(c3nnc(Cc4ccc(F)cc4F)c4ccccc34)CC2)nc1. The molecule has 10 heteroatoms. The number of aromatic nitrogens is 3. The van der Waals surface area contributed by atoms with Gasteiger partial charge in [0.15, 0.2) is 5.82 Å². The van der Waals surface area contributed by atoms with E-state index in [1.54, 1.807) is 19.3 Å². The fourth-order valence-corrected chi connectivity index (χ4v) is 4.67. The molecule has 1 aliphatic heterocycles. The number of likely N-dealkylation sites (N-methyl/N-ethyl adjacent to an activating group) is 1. The highest BCUT2D eigenvalue weighted by Gasteiger charge is 2.23. The summed E-state index contributed by atoms with van der Waals surface area (Å²) in [5.41, 5.74) is 1.48. The smallest absolute Gasteiger partial charge is 0.255 e. The van der Waals surface area contributed by atoms with Crippen molar-refractivity contribution in [3.63, 3.8) is 0 Å². The third kappa shape index (κ3) is 5.26. The van der Waals surface area contributed by atoms with Crippen LogP contribution >= 0.6 is 0 Å². The average Bonchev–Trinajstić information content (AvgIpc) is 2.94. The summed E-state index contributed by atoms with van der Waals surface area (Å²) >= 11 is 0. The van der Waals surface area contributed by atoms with E-state index in [0.717, 1.165) is 28.5 Å². The molecule has 3 heterocycles. The lowest BCUT2D eigenvalue weighted by atomic mass is 10.0. The Hall–Kier alpha value is -4.18. The van der Waals surface area contributed by atoms with E-state index in [1.807, 2.05) is 30.3 Å². The Balaban J connectivity index is 1.30. The van der Waals surface area contributed by atoms with Crippen LogP contribution in [0.2, 0.25) is 0 Å². The molecule has 2 aromatic heterocycles. The molecule has 0 atom stereocenters. The van der Waals surface area contributed by atoms with Crippen LogP contribution in [0.25, 0.3) is 10.8 Å². The molecule has 5 rings (SSSR count). The van der Waals surface area contributed by atoms with Gasteiger partial charge >= 0.3 is 0 Å². The van der Waals surface area contributed by atoms with Crippen LogP contribution in [-0.2, 0) is 6.42 Å². The third-order valence-corrected chi connectivity index (χ3v) is 6.80. The summed E-state index contributed by atoms with van der Waals surface area (Å²) in [5.74, 6) is 0.170. The number of nitrogens with zero attached hydrogens (tertiary/aromatic N) is 6. The Morgan fingerprint density at radius 3 is 2.39 bits per heavy atom. The molecule has 0 aliphatic carbocycles. The number of hydrogen-bond acceptors (Lipinski definition) is 7. The number of hydrogen-bond donors (Lipinski definition) is 1. The summed E-state index contributed by atoms with van der Waals surface area (Å²) in [6, 6.07) is 15.0. The maximum atomic E-state index is 14.3. The highest BCUT2D eigenvalue weighted by atomic mass is 19.1. The van der Waals surface area contributed by atoms with Crippen LogP contribution in [0.5, 0.6) is 0 Å². The third-order valence-electron chi connectivity index (χ3n) is 6.80. The molecule has 1 saturated heterocycles. The van der Waals surface area contributed by atoms with Crippen molar-refractivity contribution in [1.82, 2.24) is 20.1 Å². The summed E-state index contributed by atoms with van der Waals surface area (Å²) in [5, 5.41) is 19.8. The Labute approximate surface area is 219 Å². The summed E-state index contributed by atoms with van der Waals surface area (Å²) in [6.45, 7) is 3.00. The summed E-state index contributed by atoms with van der Waals surface area (Å²) < 4.78 is 27.6. The molecule has 0 saturated carbocycles. The van der Waals surface area contributed by atoms with Crippen LogP contribution in [0.15, 0.2) is 60.8 Å². The van der Waals surface area contributed by atoms with E-state index in [2.05, 4.69) is 25.0 Å².